The number of nitrogens with zero attached hydrogens (tertiary/aromatic N) is 3. The molecule has 1 amide bonds. The number of hydrogen-bond donors (Lipinski definition) is 2. The molecule has 11 heteroatoms. The zero-order chi connectivity index (χ0) is 29.9. The van der Waals surface area contributed by atoms with Crippen molar-refractivity contribution < 1.29 is 23.1 Å². The largest absolute Gasteiger partial charge is 0.416 e. The number of ether oxygens (including phenoxy) is 1. The van der Waals surface area contributed by atoms with Crippen LogP contribution < -0.4 is 15.4 Å². The van der Waals surface area contributed by atoms with Crippen LogP contribution in [0, 0.1) is 23.0 Å². The smallest absolute Gasteiger partial charge is 0.410 e. The quantitative estimate of drug-likeness (QED) is 0.394. The van der Waals surface area contributed by atoms with E-state index in [1.54, 1.807) is 25.1 Å². The molecule has 3 atom stereocenters. The van der Waals surface area contributed by atoms with Gasteiger partial charge in [-0.05, 0) is 86.8 Å². The molecule has 1 aromatic heterocycles. The summed E-state index contributed by atoms with van der Waals surface area (Å²) in [6, 6.07) is 14.6. The van der Waals surface area contributed by atoms with Crippen LogP contribution in [0.3, 0.4) is 0 Å². The number of aromatic nitrogens is 1. The van der Waals surface area contributed by atoms with Crippen molar-refractivity contribution in [1.29, 1.82) is 5.26 Å². The number of ketones is 1. The molecule has 2 saturated heterocycles. The molecule has 42 heavy (non-hydrogen) atoms. The van der Waals surface area contributed by atoms with E-state index >= 15 is 4.79 Å². The number of nitrogens with one attached hydrogen (secondary N) is 2. The van der Waals surface area contributed by atoms with E-state index in [-0.39, 0.29) is 36.2 Å². The number of amides is 1. The Morgan fingerprint density at radius 2 is 1.95 bits per heavy atom. The maximum atomic E-state index is 15.3. The maximum Gasteiger partial charge on any atom is 0.416 e. The third-order valence-electron chi connectivity index (χ3n) is 8.21. The normalized spacial score (nSPS) is 23.6. The van der Waals surface area contributed by atoms with Crippen molar-refractivity contribution in [2.45, 2.75) is 43.2 Å². The lowest BCUT2D eigenvalue weighted by Crippen LogP contribution is -2.69. The van der Waals surface area contributed by atoms with Crippen LogP contribution in [0.1, 0.15) is 48.9 Å². The number of Topliss-reactive ketones (excluding diaryl/α,β-unsaturated/α-hetero) is 1. The molecule has 2 fully saturated rings. The summed E-state index contributed by atoms with van der Waals surface area (Å²) in [4.78, 5) is 35.1. The van der Waals surface area contributed by atoms with Gasteiger partial charge in [-0.15, -0.1) is 0 Å². The lowest BCUT2D eigenvalue weighted by molar-refractivity contribution is -0.138. The van der Waals surface area contributed by atoms with Crippen molar-refractivity contribution >= 4 is 23.5 Å². The minimum atomic E-state index is -1.57. The molecule has 218 valence electrons. The van der Waals surface area contributed by atoms with Gasteiger partial charge in [0.15, 0.2) is 5.78 Å². The Hall–Kier alpha value is -3.91. The fourth-order valence-corrected chi connectivity index (χ4v) is 6.35. The molecule has 0 saturated carbocycles. The number of hydrogen-bond acceptors (Lipinski definition) is 7. The van der Waals surface area contributed by atoms with Gasteiger partial charge in [-0.1, -0.05) is 17.7 Å². The maximum absolute atomic E-state index is 15.3. The third-order valence-corrected chi connectivity index (χ3v) is 8.52. The summed E-state index contributed by atoms with van der Waals surface area (Å²) in [5, 5.41) is 16.2. The van der Waals surface area contributed by atoms with Gasteiger partial charge >= 0.3 is 6.09 Å². The molecule has 2 aliphatic heterocycles. The Morgan fingerprint density at radius 1 is 1.17 bits per heavy atom. The molecule has 3 aromatic rings. The molecule has 0 radical (unpaired) electrons. The highest BCUT2D eigenvalue weighted by Gasteiger charge is 2.62. The van der Waals surface area contributed by atoms with E-state index in [1.165, 1.54) is 47.5 Å². The van der Waals surface area contributed by atoms with Gasteiger partial charge in [0.1, 0.15) is 28.5 Å². The van der Waals surface area contributed by atoms with Crippen LogP contribution in [0.15, 0.2) is 60.8 Å². The number of likely N-dealkylation sites (N-methyl/N-ethyl adjacent to an activating group) is 1. The van der Waals surface area contributed by atoms with E-state index in [0.717, 1.165) is 6.42 Å². The highest BCUT2D eigenvalue weighted by molar-refractivity contribution is 6.30. The zero-order valence-corrected chi connectivity index (χ0v) is 23.8. The van der Waals surface area contributed by atoms with E-state index < -0.39 is 34.7 Å². The Bertz CT molecular complexity index is 1520. The monoisotopic (exact) mass is 593 g/mol. The van der Waals surface area contributed by atoms with Gasteiger partial charge in [0, 0.05) is 31.7 Å². The van der Waals surface area contributed by atoms with E-state index in [1.807, 2.05) is 0 Å². The van der Waals surface area contributed by atoms with Crippen molar-refractivity contribution in [1.82, 2.24) is 20.5 Å². The van der Waals surface area contributed by atoms with Gasteiger partial charge in [0.2, 0.25) is 0 Å². The molecule has 5 rings (SSSR count). The first-order chi connectivity index (χ1) is 20.2. The van der Waals surface area contributed by atoms with E-state index in [9.17, 15) is 18.8 Å². The lowest BCUT2D eigenvalue weighted by atomic mass is 9.67. The first-order valence-electron chi connectivity index (χ1n) is 13.8. The van der Waals surface area contributed by atoms with Crippen LogP contribution in [-0.4, -0.2) is 53.5 Å². The second kappa shape index (κ2) is 12.1. The minimum absolute atomic E-state index is 0.0501. The van der Waals surface area contributed by atoms with Gasteiger partial charge in [0.25, 0.3) is 0 Å². The summed E-state index contributed by atoms with van der Waals surface area (Å²) in [7, 11) is 0. The standard InChI is InChI=1S/C31H30ClF2N5O3/c1-2-39(29(41)42-23-8-6-22(33)7-9-23)31(19-36-18-24(31)21-5-10-25(32)26(34)16-21)28(40)30(12-3-4-13-38-30)27-15-20(17-35)11-14-37-27/h5-11,14-16,24,36,38H,2-4,12-13,18-19H2,1H3/t24-,30?,31+/m0/s1. The average Bonchev–Trinajstić information content (AvgIpc) is 3.45. The molecule has 3 heterocycles. The molecule has 0 bridgehead atoms. The Labute approximate surface area is 247 Å². The van der Waals surface area contributed by atoms with Gasteiger partial charge in [-0.25, -0.2) is 13.6 Å². The summed E-state index contributed by atoms with van der Waals surface area (Å²) in [6.07, 6.45) is 2.58. The molecular weight excluding hydrogens is 564 g/mol. The second-order valence-electron chi connectivity index (χ2n) is 10.5. The molecule has 2 N–H and O–H groups in total. The van der Waals surface area contributed by atoms with Gasteiger partial charge < -0.3 is 10.1 Å². The summed E-state index contributed by atoms with van der Waals surface area (Å²) in [6.45, 7) is 2.62. The van der Waals surface area contributed by atoms with Gasteiger partial charge in [-0.3, -0.25) is 20.0 Å². The van der Waals surface area contributed by atoms with E-state index in [2.05, 4.69) is 21.7 Å². The first-order valence-corrected chi connectivity index (χ1v) is 14.2. The number of benzene rings is 2. The second-order valence-corrected chi connectivity index (χ2v) is 10.9. The van der Waals surface area contributed by atoms with Crippen molar-refractivity contribution in [2.24, 2.45) is 0 Å². The van der Waals surface area contributed by atoms with Crippen LogP contribution in [0.25, 0.3) is 0 Å². The van der Waals surface area contributed by atoms with Crippen molar-refractivity contribution in [3.8, 4) is 11.8 Å². The lowest BCUT2D eigenvalue weighted by Gasteiger charge is -2.49. The summed E-state index contributed by atoms with van der Waals surface area (Å²) in [5.41, 5.74) is -1.71. The fourth-order valence-electron chi connectivity index (χ4n) is 6.24. The van der Waals surface area contributed by atoms with Crippen LogP contribution >= 0.6 is 11.6 Å². The first kappa shape index (κ1) is 29.6. The zero-order valence-electron chi connectivity index (χ0n) is 23.0. The van der Waals surface area contributed by atoms with Crippen LogP contribution in [0.5, 0.6) is 5.75 Å². The van der Waals surface area contributed by atoms with Crippen molar-refractivity contribution in [2.75, 3.05) is 26.2 Å². The third kappa shape index (κ3) is 5.24. The Balaban J connectivity index is 1.68. The van der Waals surface area contributed by atoms with Crippen molar-refractivity contribution in [3.05, 3.63) is 94.3 Å². The highest BCUT2D eigenvalue weighted by Crippen LogP contribution is 2.45. The van der Waals surface area contributed by atoms with E-state index in [0.29, 0.717) is 36.2 Å². The molecule has 1 unspecified atom stereocenters. The topological polar surface area (TPSA) is 107 Å². The highest BCUT2D eigenvalue weighted by atomic mass is 35.5. The van der Waals surface area contributed by atoms with Gasteiger partial charge in [0.05, 0.1) is 22.3 Å². The Morgan fingerprint density at radius 3 is 2.62 bits per heavy atom. The van der Waals surface area contributed by atoms with E-state index in [4.69, 9.17) is 16.3 Å². The van der Waals surface area contributed by atoms with Crippen LogP contribution in [0.2, 0.25) is 5.02 Å². The number of rotatable bonds is 7. The Kier molecular flexibility index (Phi) is 8.55. The van der Waals surface area contributed by atoms with Crippen LogP contribution in [-0.2, 0) is 10.3 Å². The predicted octanol–water partition coefficient (Wildman–Crippen LogP) is 5.07. The average molecular weight is 594 g/mol. The number of pyridine rings is 1. The summed E-state index contributed by atoms with van der Waals surface area (Å²) < 4.78 is 34.0. The summed E-state index contributed by atoms with van der Waals surface area (Å²) >= 11 is 6.00. The van der Waals surface area contributed by atoms with Crippen molar-refractivity contribution in [3.63, 3.8) is 0 Å². The molecule has 8 nitrogen and oxygen atoms in total. The minimum Gasteiger partial charge on any atom is -0.410 e. The molecule has 2 aromatic carbocycles. The molecule has 0 spiro atoms. The fraction of sp³-hybridized carbons (Fsp3) is 0.355. The molecule has 0 aliphatic carbocycles. The predicted molar refractivity (Wildman–Crippen MR) is 152 cm³/mol. The number of carbonyl (C=O) groups excluding carboxylic acids is 2. The molecular formula is C31H30ClF2N5O3. The molecule has 2 aliphatic rings. The van der Waals surface area contributed by atoms with Crippen LogP contribution in [0.4, 0.5) is 13.6 Å². The van der Waals surface area contributed by atoms with Gasteiger partial charge in [-0.2, -0.15) is 5.26 Å². The number of nitriles is 1. The number of halogens is 3. The summed E-state index contributed by atoms with van der Waals surface area (Å²) in [5.74, 6) is -2.07. The SMILES string of the molecule is CCN(C(=O)Oc1ccc(F)cc1)[C@]1(C(=O)C2(c3cc(C#N)ccn3)CCCCN2)CNC[C@H]1c1ccc(Cl)c(F)c1. The number of piperidine rings is 1. The number of carbonyl (C=O) groups is 2.